The Balaban J connectivity index is 2.00. The van der Waals surface area contributed by atoms with Crippen molar-refractivity contribution in [3.63, 3.8) is 0 Å². The molecule has 1 N–H and O–H groups in total. The predicted molar refractivity (Wildman–Crippen MR) is 65.3 cm³/mol. The Bertz CT molecular complexity index is 329. The van der Waals surface area contributed by atoms with E-state index in [0.717, 1.165) is 31.0 Å². The Morgan fingerprint density at radius 1 is 1.50 bits per heavy atom. The van der Waals surface area contributed by atoms with Gasteiger partial charge in [-0.15, -0.1) is 0 Å². The van der Waals surface area contributed by atoms with E-state index in [-0.39, 0.29) is 0 Å². The van der Waals surface area contributed by atoms with E-state index < -0.39 is 6.17 Å². The van der Waals surface area contributed by atoms with Gasteiger partial charge in [-0.25, -0.2) is 4.39 Å². The highest BCUT2D eigenvalue weighted by atomic mass is 19.1. The molecule has 2 unspecified atom stereocenters. The van der Waals surface area contributed by atoms with E-state index in [1.807, 2.05) is 18.2 Å². The smallest absolute Gasteiger partial charge is 0.122 e. The quantitative estimate of drug-likeness (QED) is 0.826. The van der Waals surface area contributed by atoms with E-state index in [1.54, 1.807) is 6.92 Å². The van der Waals surface area contributed by atoms with Gasteiger partial charge in [0.25, 0.3) is 0 Å². The van der Waals surface area contributed by atoms with Crippen LogP contribution in [0.3, 0.4) is 0 Å². The van der Waals surface area contributed by atoms with Crippen molar-refractivity contribution in [3.05, 3.63) is 35.4 Å². The monoisotopic (exact) mass is 221 g/mol. The molecule has 1 aliphatic heterocycles. The topological polar surface area (TPSA) is 12.0 Å². The minimum absolute atomic E-state index is 0.721. The molecule has 1 aromatic rings. The van der Waals surface area contributed by atoms with E-state index >= 15 is 0 Å². The first-order chi connectivity index (χ1) is 7.75. The molecule has 2 rings (SSSR count). The van der Waals surface area contributed by atoms with Crippen LogP contribution in [0.25, 0.3) is 0 Å². The van der Waals surface area contributed by atoms with Crippen LogP contribution in [0.15, 0.2) is 24.3 Å². The maximum absolute atomic E-state index is 13.2. The second-order valence-corrected chi connectivity index (χ2v) is 4.78. The van der Waals surface area contributed by atoms with E-state index in [4.69, 9.17) is 0 Å². The summed E-state index contributed by atoms with van der Waals surface area (Å²) in [5.41, 5.74) is 2.08. The number of halogens is 1. The maximum Gasteiger partial charge on any atom is 0.122 e. The van der Waals surface area contributed by atoms with E-state index in [2.05, 4.69) is 11.4 Å². The molecule has 2 heteroatoms. The average Bonchev–Trinajstić information content (AvgIpc) is 2.30. The summed E-state index contributed by atoms with van der Waals surface area (Å²) in [6.07, 6.45) is 2.78. The van der Waals surface area contributed by atoms with Crippen molar-refractivity contribution in [1.82, 2.24) is 5.32 Å². The largest absolute Gasteiger partial charge is 0.316 e. The number of hydrogen-bond donors (Lipinski definition) is 1. The minimum Gasteiger partial charge on any atom is -0.316 e. The summed E-state index contributed by atoms with van der Waals surface area (Å²) in [6, 6.07) is 7.96. The van der Waals surface area contributed by atoms with Gasteiger partial charge in [0.2, 0.25) is 0 Å². The molecule has 0 radical (unpaired) electrons. The molecule has 0 amide bonds. The van der Waals surface area contributed by atoms with E-state index in [1.165, 1.54) is 18.4 Å². The van der Waals surface area contributed by atoms with Crippen LogP contribution in [-0.2, 0) is 6.42 Å². The third-order valence-electron chi connectivity index (χ3n) is 3.33. The van der Waals surface area contributed by atoms with Crippen molar-refractivity contribution in [2.45, 2.75) is 32.4 Å². The van der Waals surface area contributed by atoms with Crippen LogP contribution in [0.4, 0.5) is 4.39 Å². The zero-order valence-electron chi connectivity index (χ0n) is 9.88. The molecule has 1 saturated heterocycles. The number of rotatable bonds is 3. The van der Waals surface area contributed by atoms with Crippen LogP contribution in [0.1, 0.15) is 37.1 Å². The molecule has 1 nitrogen and oxygen atoms in total. The van der Waals surface area contributed by atoms with Crippen molar-refractivity contribution in [2.75, 3.05) is 13.1 Å². The lowest BCUT2D eigenvalue weighted by Gasteiger charge is -2.22. The summed E-state index contributed by atoms with van der Waals surface area (Å²) in [5, 5.41) is 3.42. The van der Waals surface area contributed by atoms with Crippen LogP contribution in [0, 0.1) is 5.92 Å². The first kappa shape index (κ1) is 11.6. The lowest BCUT2D eigenvalue weighted by atomic mass is 9.91. The summed E-state index contributed by atoms with van der Waals surface area (Å²) in [6.45, 7) is 3.86. The summed E-state index contributed by atoms with van der Waals surface area (Å²) in [5.74, 6) is 0.721. The molecule has 0 aliphatic carbocycles. The molecule has 1 fully saturated rings. The molecule has 0 saturated carbocycles. The van der Waals surface area contributed by atoms with Crippen molar-refractivity contribution >= 4 is 0 Å². The predicted octanol–water partition coefficient (Wildman–Crippen LogP) is 3.26. The normalized spacial score (nSPS) is 23.0. The Hall–Kier alpha value is -0.890. The first-order valence-electron chi connectivity index (χ1n) is 6.19. The Labute approximate surface area is 97.1 Å². The van der Waals surface area contributed by atoms with Gasteiger partial charge in [-0.2, -0.15) is 0 Å². The molecular weight excluding hydrogens is 201 g/mol. The second kappa shape index (κ2) is 5.44. The molecule has 88 valence electrons. The fourth-order valence-electron chi connectivity index (χ4n) is 2.40. The molecule has 1 aliphatic rings. The van der Waals surface area contributed by atoms with Gasteiger partial charge in [0, 0.05) is 0 Å². The van der Waals surface area contributed by atoms with E-state index in [9.17, 15) is 4.39 Å². The molecule has 0 bridgehead atoms. The van der Waals surface area contributed by atoms with Gasteiger partial charge in [-0.05, 0) is 56.3 Å². The van der Waals surface area contributed by atoms with Crippen molar-refractivity contribution in [1.29, 1.82) is 0 Å². The number of alkyl halides is 1. The number of hydrogen-bond acceptors (Lipinski definition) is 1. The Morgan fingerprint density at radius 3 is 3.06 bits per heavy atom. The van der Waals surface area contributed by atoms with Crippen LogP contribution in [-0.4, -0.2) is 13.1 Å². The van der Waals surface area contributed by atoms with Crippen LogP contribution >= 0.6 is 0 Å². The highest BCUT2D eigenvalue weighted by Crippen LogP contribution is 2.21. The molecule has 1 aromatic carbocycles. The number of nitrogens with one attached hydrogen (secondary N) is 1. The second-order valence-electron chi connectivity index (χ2n) is 4.78. The molecule has 1 heterocycles. The number of piperidine rings is 1. The highest BCUT2D eigenvalue weighted by Gasteiger charge is 2.13. The van der Waals surface area contributed by atoms with E-state index in [0.29, 0.717) is 0 Å². The molecule has 2 atom stereocenters. The van der Waals surface area contributed by atoms with Crippen molar-refractivity contribution < 1.29 is 4.39 Å². The summed E-state index contributed by atoms with van der Waals surface area (Å²) < 4.78 is 13.2. The zero-order valence-corrected chi connectivity index (χ0v) is 9.88. The molecular formula is C14H20FN. The van der Waals surface area contributed by atoms with Crippen LogP contribution < -0.4 is 5.32 Å². The standard InChI is InChI=1S/C14H20FN/c1-11(15)14-6-2-4-12(9-14)8-13-5-3-7-16-10-13/h2,4,6,9,11,13,16H,3,5,7-8,10H2,1H3. The lowest BCUT2D eigenvalue weighted by molar-refractivity contribution is 0.369. The Morgan fingerprint density at radius 2 is 2.38 bits per heavy atom. The third kappa shape index (κ3) is 3.05. The average molecular weight is 221 g/mol. The Kier molecular flexibility index (Phi) is 3.94. The SMILES string of the molecule is CC(F)c1cccc(CC2CCCNC2)c1. The first-order valence-corrected chi connectivity index (χ1v) is 6.19. The number of benzene rings is 1. The van der Waals surface area contributed by atoms with Gasteiger partial charge in [-0.3, -0.25) is 0 Å². The van der Waals surface area contributed by atoms with Gasteiger partial charge in [-0.1, -0.05) is 24.3 Å². The highest BCUT2D eigenvalue weighted by molar-refractivity contribution is 5.25. The summed E-state index contributed by atoms with van der Waals surface area (Å²) >= 11 is 0. The molecule has 0 spiro atoms. The molecule has 0 aromatic heterocycles. The van der Waals surface area contributed by atoms with Gasteiger partial charge in [0.1, 0.15) is 6.17 Å². The van der Waals surface area contributed by atoms with Gasteiger partial charge >= 0.3 is 0 Å². The van der Waals surface area contributed by atoms with Crippen LogP contribution in [0.5, 0.6) is 0 Å². The van der Waals surface area contributed by atoms with Crippen LogP contribution in [0.2, 0.25) is 0 Å². The van der Waals surface area contributed by atoms with Gasteiger partial charge in [0.15, 0.2) is 0 Å². The van der Waals surface area contributed by atoms with Crippen molar-refractivity contribution in [3.8, 4) is 0 Å². The third-order valence-corrected chi connectivity index (χ3v) is 3.33. The fraction of sp³-hybridized carbons (Fsp3) is 0.571. The van der Waals surface area contributed by atoms with Gasteiger partial charge < -0.3 is 5.32 Å². The fourth-order valence-corrected chi connectivity index (χ4v) is 2.40. The zero-order chi connectivity index (χ0) is 11.4. The summed E-state index contributed by atoms with van der Waals surface area (Å²) in [4.78, 5) is 0. The van der Waals surface area contributed by atoms with Gasteiger partial charge in [0.05, 0.1) is 0 Å². The maximum atomic E-state index is 13.2. The lowest BCUT2D eigenvalue weighted by Crippen LogP contribution is -2.30. The summed E-state index contributed by atoms with van der Waals surface area (Å²) in [7, 11) is 0. The minimum atomic E-state index is -0.857. The van der Waals surface area contributed by atoms with Crippen molar-refractivity contribution in [2.24, 2.45) is 5.92 Å². The molecule has 16 heavy (non-hydrogen) atoms.